The van der Waals surface area contributed by atoms with Gasteiger partial charge in [0.15, 0.2) is 0 Å². The smallest absolute Gasteiger partial charge is 0.226 e. The molecule has 2 rings (SSSR count). The minimum absolute atomic E-state index is 0. The van der Waals surface area contributed by atoms with Gasteiger partial charge in [-0.1, -0.05) is 36.8 Å². The molecule has 1 aliphatic rings. The van der Waals surface area contributed by atoms with Crippen LogP contribution in [0.3, 0.4) is 0 Å². The highest BCUT2D eigenvalue weighted by atomic mass is 35.5. The van der Waals surface area contributed by atoms with Crippen molar-refractivity contribution in [1.29, 1.82) is 0 Å². The highest BCUT2D eigenvalue weighted by Gasteiger charge is 2.30. The van der Waals surface area contributed by atoms with Crippen molar-refractivity contribution in [2.45, 2.75) is 39.2 Å². The summed E-state index contributed by atoms with van der Waals surface area (Å²) in [5.41, 5.74) is 8.20. The summed E-state index contributed by atoms with van der Waals surface area (Å²) >= 11 is 0. The zero-order valence-electron chi connectivity index (χ0n) is 12.3. The number of nitrogens with zero attached hydrogens (tertiary/aromatic N) is 1. The number of aryl methyl sites for hydroxylation is 1. The number of nitrogens with two attached hydrogens (primary N) is 1. The summed E-state index contributed by atoms with van der Waals surface area (Å²) in [4.78, 5) is 14.3. The van der Waals surface area contributed by atoms with Crippen molar-refractivity contribution in [2.24, 2.45) is 11.7 Å². The number of amides is 1. The average molecular weight is 297 g/mol. The van der Waals surface area contributed by atoms with Gasteiger partial charge in [0.25, 0.3) is 0 Å². The van der Waals surface area contributed by atoms with E-state index in [1.165, 1.54) is 11.1 Å². The van der Waals surface area contributed by atoms with E-state index >= 15 is 0 Å². The van der Waals surface area contributed by atoms with Gasteiger partial charge in [-0.25, -0.2) is 0 Å². The number of hydrogen-bond donors (Lipinski definition) is 1. The highest BCUT2D eigenvalue weighted by Crippen LogP contribution is 2.23. The Hall–Kier alpha value is -1.06. The lowest BCUT2D eigenvalue weighted by Gasteiger charge is -2.27. The number of halogens is 1. The van der Waals surface area contributed by atoms with Gasteiger partial charge in [0.05, 0.1) is 0 Å². The van der Waals surface area contributed by atoms with E-state index in [9.17, 15) is 4.79 Å². The molecule has 1 aliphatic heterocycles. The molecular formula is C16H25ClN2O. The molecule has 2 unspecified atom stereocenters. The SMILES string of the molecule is Cc1ccc(CC2CCCN2C(=O)C(C)CN)cc1.Cl. The Morgan fingerprint density at radius 2 is 2.05 bits per heavy atom. The number of carbonyl (C=O) groups is 1. The Balaban J connectivity index is 0.00000200. The van der Waals surface area contributed by atoms with E-state index in [0.717, 1.165) is 25.8 Å². The van der Waals surface area contributed by atoms with Crippen LogP contribution in [0.15, 0.2) is 24.3 Å². The molecular weight excluding hydrogens is 272 g/mol. The van der Waals surface area contributed by atoms with Crippen molar-refractivity contribution in [3.63, 3.8) is 0 Å². The molecule has 3 nitrogen and oxygen atoms in total. The van der Waals surface area contributed by atoms with Crippen molar-refractivity contribution in [3.05, 3.63) is 35.4 Å². The Labute approximate surface area is 127 Å². The summed E-state index contributed by atoms with van der Waals surface area (Å²) in [6.45, 7) is 5.34. The van der Waals surface area contributed by atoms with Crippen LogP contribution in [0.2, 0.25) is 0 Å². The first kappa shape index (κ1) is 17.0. The summed E-state index contributed by atoms with van der Waals surface area (Å²) in [7, 11) is 0. The van der Waals surface area contributed by atoms with E-state index < -0.39 is 0 Å². The summed E-state index contributed by atoms with van der Waals surface area (Å²) in [6, 6.07) is 8.97. The third-order valence-electron chi connectivity index (χ3n) is 4.03. The quantitative estimate of drug-likeness (QED) is 0.928. The maximum Gasteiger partial charge on any atom is 0.226 e. The molecule has 4 heteroatoms. The Bertz CT molecular complexity index is 433. The van der Waals surface area contributed by atoms with Crippen molar-refractivity contribution < 1.29 is 4.79 Å². The summed E-state index contributed by atoms with van der Waals surface area (Å²) in [5.74, 6) is 0.163. The average Bonchev–Trinajstić information content (AvgIpc) is 2.87. The lowest BCUT2D eigenvalue weighted by Crippen LogP contribution is -2.41. The molecule has 2 N–H and O–H groups in total. The molecule has 2 atom stereocenters. The molecule has 1 saturated heterocycles. The topological polar surface area (TPSA) is 46.3 Å². The zero-order chi connectivity index (χ0) is 13.8. The maximum absolute atomic E-state index is 12.3. The molecule has 1 amide bonds. The molecule has 1 fully saturated rings. The van der Waals surface area contributed by atoms with Gasteiger partial charge < -0.3 is 10.6 Å². The fourth-order valence-electron chi connectivity index (χ4n) is 2.72. The first-order valence-electron chi connectivity index (χ1n) is 7.18. The molecule has 0 aromatic heterocycles. The molecule has 1 aromatic carbocycles. The maximum atomic E-state index is 12.3. The van der Waals surface area contributed by atoms with E-state index in [1.54, 1.807) is 0 Å². The molecule has 112 valence electrons. The molecule has 0 spiro atoms. The number of rotatable bonds is 4. The minimum Gasteiger partial charge on any atom is -0.339 e. The van der Waals surface area contributed by atoms with Crippen LogP contribution in [0.5, 0.6) is 0 Å². The number of hydrogen-bond acceptors (Lipinski definition) is 2. The minimum atomic E-state index is -0.0568. The van der Waals surface area contributed by atoms with Gasteiger partial charge in [0.1, 0.15) is 0 Å². The number of likely N-dealkylation sites (tertiary alicyclic amines) is 1. The van der Waals surface area contributed by atoms with Gasteiger partial charge in [0.2, 0.25) is 5.91 Å². The monoisotopic (exact) mass is 296 g/mol. The van der Waals surface area contributed by atoms with E-state index in [-0.39, 0.29) is 24.2 Å². The lowest BCUT2D eigenvalue weighted by atomic mass is 10.0. The Morgan fingerprint density at radius 3 is 2.65 bits per heavy atom. The fourth-order valence-corrected chi connectivity index (χ4v) is 2.72. The van der Waals surface area contributed by atoms with Crippen LogP contribution in [-0.2, 0) is 11.2 Å². The molecule has 0 bridgehead atoms. The highest BCUT2D eigenvalue weighted by molar-refractivity contribution is 5.85. The Kier molecular flexibility index (Phi) is 6.50. The molecule has 20 heavy (non-hydrogen) atoms. The Morgan fingerprint density at radius 1 is 1.40 bits per heavy atom. The van der Waals surface area contributed by atoms with E-state index in [4.69, 9.17) is 5.73 Å². The normalized spacial score (nSPS) is 19.6. The van der Waals surface area contributed by atoms with Gasteiger partial charge in [-0.2, -0.15) is 0 Å². The number of carbonyl (C=O) groups excluding carboxylic acids is 1. The predicted octanol–water partition coefficient (Wildman–Crippen LogP) is 2.55. The largest absolute Gasteiger partial charge is 0.339 e. The van der Waals surface area contributed by atoms with Gasteiger partial charge in [-0.15, -0.1) is 12.4 Å². The summed E-state index contributed by atoms with van der Waals surface area (Å²) < 4.78 is 0. The van der Waals surface area contributed by atoms with E-state index in [1.807, 2.05) is 11.8 Å². The third-order valence-corrected chi connectivity index (χ3v) is 4.03. The van der Waals surface area contributed by atoms with E-state index in [0.29, 0.717) is 12.6 Å². The van der Waals surface area contributed by atoms with Crippen LogP contribution in [0, 0.1) is 12.8 Å². The second-order valence-corrected chi connectivity index (χ2v) is 5.65. The van der Waals surface area contributed by atoms with Gasteiger partial charge in [-0.3, -0.25) is 4.79 Å². The van der Waals surface area contributed by atoms with Crippen molar-refractivity contribution in [2.75, 3.05) is 13.1 Å². The van der Waals surface area contributed by atoms with E-state index in [2.05, 4.69) is 31.2 Å². The lowest BCUT2D eigenvalue weighted by molar-refractivity contribution is -0.135. The van der Waals surface area contributed by atoms with Crippen molar-refractivity contribution >= 4 is 18.3 Å². The molecule has 0 radical (unpaired) electrons. The van der Waals surface area contributed by atoms with Crippen LogP contribution in [-0.4, -0.2) is 29.9 Å². The summed E-state index contributed by atoms with van der Waals surface area (Å²) in [6.07, 6.45) is 3.18. The molecule has 1 aromatic rings. The van der Waals surface area contributed by atoms with Crippen LogP contribution in [0.4, 0.5) is 0 Å². The van der Waals surface area contributed by atoms with Gasteiger partial charge >= 0.3 is 0 Å². The molecule has 1 heterocycles. The van der Waals surface area contributed by atoms with Crippen molar-refractivity contribution in [3.8, 4) is 0 Å². The van der Waals surface area contributed by atoms with Crippen LogP contribution >= 0.6 is 12.4 Å². The second-order valence-electron chi connectivity index (χ2n) is 5.65. The first-order chi connectivity index (χ1) is 9.11. The fraction of sp³-hybridized carbons (Fsp3) is 0.562. The first-order valence-corrected chi connectivity index (χ1v) is 7.18. The van der Waals surface area contributed by atoms with Crippen LogP contribution in [0.25, 0.3) is 0 Å². The predicted molar refractivity (Wildman–Crippen MR) is 85.1 cm³/mol. The molecule has 0 aliphatic carbocycles. The third kappa shape index (κ3) is 3.97. The molecule has 0 saturated carbocycles. The van der Waals surface area contributed by atoms with Crippen LogP contribution < -0.4 is 5.73 Å². The van der Waals surface area contributed by atoms with Crippen molar-refractivity contribution in [1.82, 2.24) is 4.90 Å². The summed E-state index contributed by atoms with van der Waals surface area (Å²) in [5, 5.41) is 0. The standard InChI is InChI=1S/C16H24N2O.ClH/c1-12-5-7-14(8-6-12)10-15-4-3-9-18(15)16(19)13(2)11-17;/h5-8,13,15H,3-4,9-11,17H2,1-2H3;1H. The van der Waals surface area contributed by atoms with Crippen LogP contribution in [0.1, 0.15) is 30.9 Å². The van der Waals surface area contributed by atoms with Gasteiger partial charge in [-0.05, 0) is 31.7 Å². The van der Waals surface area contributed by atoms with Gasteiger partial charge in [0, 0.05) is 25.0 Å². The number of benzene rings is 1. The zero-order valence-corrected chi connectivity index (χ0v) is 13.2. The second kappa shape index (κ2) is 7.65.